The van der Waals surface area contributed by atoms with Crippen molar-refractivity contribution < 1.29 is 19.5 Å². The number of carbonyl (C=O) groups is 3. The van der Waals surface area contributed by atoms with Gasteiger partial charge in [0, 0.05) is 19.4 Å². The van der Waals surface area contributed by atoms with E-state index in [0.717, 1.165) is 44.9 Å². The van der Waals surface area contributed by atoms with E-state index in [2.05, 4.69) is 10.6 Å². The van der Waals surface area contributed by atoms with Gasteiger partial charge < -0.3 is 10.4 Å². The molecule has 39 heavy (non-hydrogen) atoms. The molecule has 0 aromatic carbocycles. The predicted molar refractivity (Wildman–Crippen MR) is 178 cm³/mol. The summed E-state index contributed by atoms with van der Waals surface area (Å²) in [5, 5.41) is 15.2. The standard InChI is InChI=1S/C27H48N2O4S6/c1-22(30)23(29-26-34-36-27(37-35-26)38-39-27)18-16-17-21-28-24(31)19-14-12-10-8-6-4-2-3-5-7-9-11-13-15-20-25(32)33/h23,26,29H,2-21H2,1H3,(H,28,31)(H,32,33)/t23-/m1/s1. The zero-order valence-electron chi connectivity index (χ0n) is 23.4. The number of Topliss-reactive ketones (excluding diaryl/α,β-unsaturated/α-hetero) is 1. The molecule has 0 unspecified atom stereocenters. The van der Waals surface area contributed by atoms with Crippen LogP contribution >= 0.6 is 64.8 Å². The van der Waals surface area contributed by atoms with Crippen LogP contribution in [0, 0.1) is 0 Å². The molecule has 6 nitrogen and oxygen atoms in total. The van der Waals surface area contributed by atoms with Crippen LogP contribution in [0.5, 0.6) is 0 Å². The highest BCUT2D eigenvalue weighted by atomic mass is 33.2. The lowest BCUT2D eigenvalue weighted by Gasteiger charge is -2.27. The average Bonchev–Trinajstić information content (AvgIpc) is 3.67. The van der Waals surface area contributed by atoms with Gasteiger partial charge in [0.15, 0.2) is 2.74 Å². The summed E-state index contributed by atoms with van der Waals surface area (Å²) in [4.78, 5) is 34.7. The van der Waals surface area contributed by atoms with Gasteiger partial charge in [-0.2, -0.15) is 0 Å². The number of rotatable bonds is 25. The third-order valence-electron chi connectivity index (χ3n) is 6.81. The largest absolute Gasteiger partial charge is 0.481 e. The SMILES string of the molecule is CC(=O)[C@@H](CCCCNC(=O)CCCCCCCCCCCCCCCCC(=O)O)NC1SSC2(SS1)SS2. The molecule has 0 aromatic rings. The molecule has 2 fully saturated rings. The summed E-state index contributed by atoms with van der Waals surface area (Å²) in [6, 6.07) is -0.103. The van der Waals surface area contributed by atoms with Crippen molar-refractivity contribution in [1.82, 2.24) is 10.6 Å². The Morgan fingerprint density at radius 3 is 1.64 bits per heavy atom. The van der Waals surface area contributed by atoms with Crippen LogP contribution in [0.15, 0.2) is 0 Å². The van der Waals surface area contributed by atoms with Crippen LogP contribution in [0.2, 0.25) is 0 Å². The monoisotopic (exact) mass is 656 g/mol. The normalized spacial score (nSPS) is 17.3. The van der Waals surface area contributed by atoms with E-state index in [-0.39, 0.29) is 25.2 Å². The Morgan fingerprint density at radius 2 is 1.18 bits per heavy atom. The zero-order valence-corrected chi connectivity index (χ0v) is 28.3. The third-order valence-corrected chi connectivity index (χ3v) is 20.2. The summed E-state index contributed by atoms with van der Waals surface area (Å²) in [6.45, 7) is 2.37. The first-order chi connectivity index (χ1) is 18.9. The zero-order chi connectivity index (χ0) is 28.2. The maximum absolute atomic E-state index is 12.1. The molecule has 2 rings (SSSR count). The minimum Gasteiger partial charge on any atom is -0.481 e. The van der Waals surface area contributed by atoms with E-state index in [1.165, 1.54) is 64.2 Å². The van der Waals surface area contributed by atoms with Gasteiger partial charge in [0.2, 0.25) is 5.91 Å². The van der Waals surface area contributed by atoms with E-state index in [0.29, 0.717) is 19.4 Å². The molecular weight excluding hydrogens is 609 g/mol. The Morgan fingerprint density at radius 1 is 0.692 bits per heavy atom. The molecule has 1 spiro atoms. The first-order valence-electron chi connectivity index (χ1n) is 14.7. The molecule has 0 bridgehead atoms. The number of unbranched alkanes of at least 4 members (excludes halogenated alkanes) is 14. The highest BCUT2D eigenvalue weighted by Gasteiger charge is 2.52. The molecule has 3 N–H and O–H groups in total. The van der Waals surface area contributed by atoms with Gasteiger partial charge in [0.25, 0.3) is 0 Å². The van der Waals surface area contributed by atoms with E-state index in [1.54, 1.807) is 6.92 Å². The number of aliphatic carboxylic acids is 1. The fourth-order valence-corrected chi connectivity index (χ4v) is 17.4. The third kappa shape index (κ3) is 18.7. The maximum atomic E-state index is 12.1. The Bertz CT molecular complexity index is 704. The van der Waals surface area contributed by atoms with Gasteiger partial charge in [0.1, 0.15) is 10.5 Å². The quantitative estimate of drug-likeness (QED) is 0.0499. The molecule has 0 radical (unpaired) electrons. The van der Waals surface area contributed by atoms with Crippen molar-refractivity contribution in [1.29, 1.82) is 0 Å². The van der Waals surface area contributed by atoms with E-state index in [4.69, 9.17) is 5.11 Å². The van der Waals surface area contributed by atoms with E-state index in [1.807, 2.05) is 64.8 Å². The van der Waals surface area contributed by atoms with Crippen molar-refractivity contribution in [2.24, 2.45) is 0 Å². The number of carboxylic acids is 1. The molecule has 2 heterocycles. The Hall–Kier alpha value is 0.670. The van der Waals surface area contributed by atoms with Crippen molar-refractivity contribution in [2.45, 2.75) is 142 Å². The molecule has 12 heteroatoms. The number of carboxylic acid groups (broad SMARTS) is 1. The molecular formula is C27H48N2O4S6. The highest BCUT2D eigenvalue weighted by molar-refractivity contribution is 9.14. The lowest BCUT2D eigenvalue weighted by Crippen LogP contribution is -2.40. The summed E-state index contributed by atoms with van der Waals surface area (Å²) in [7, 11) is 11.3. The first-order valence-corrected chi connectivity index (χ1v) is 21.3. The van der Waals surface area contributed by atoms with Gasteiger partial charge in [-0.05, 0) is 82.2 Å². The molecule has 0 saturated carbocycles. The van der Waals surface area contributed by atoms with Crippen LogP contribution in [-0.2, 0) is 14.4 Å². The molecule has 0 aromatic heterocycles. The summed E-state index contributed by atoms with van der Waals surface area (Å²) >= 11 is 0. The van der Waals surface area contributed by atoms with Gasteiger partial charge in [-0.15, -0.1) is 0 Å². The van der Waals surface area contributed by atoms with E-state index in [9.17, 15) is 14.4 Å². The van der Waals surface area contributed by atoms with Gasteiger partial charge in [-0.3, -0.25) is 19.7 Å². The second-order valence-corrected chi connectivity index (χ2v) is 19.8. The minimum absolute atomic E-state index is 0.103. The van der Waals surface area contributed by atoms with Crippen molar-refractivity contribution in [3.63, 3.8) is 0 Å². The number of ketones is 1. The van der Waals surface area contributed by atoms with Gasteiger partial charge in [-0.1, -0.05) is 98.6 Å². The Balaban J connectivity index is 1.31. The van der Waals surface area contributed by atoms with Gasteiger partial charge in [-0.25, -0.2) is 0 Å². The molecule has 1 atom stereocenters. The van der Waals surface area contributed by atoms with Crippen LogP contribution in [0.3, 0.4) is 0 Å². The van der Waals surface area contributed by atoms with Gasteiger partial charge >= 0.3 is 5.97 Å². The first kappa shape index (κ1) is 35.9. The molecule has 2 aliphatic rings. The summed E-state index contributed by atoms with van der Waals surface area (Å²) in [6.07, 6.45) is 20.3. The van der Waals surface area contributed by atoms with Crippen LogP contribution in [-0.4, -0.2) is 42.8 Å². The molecule has 226 valence electrons. The van der Waals surface area contributed by atoms with Gasteiger partial charge in [0.05, 0.1) is 6.04 Å². The molecule has 2 saturated heterocycles. The average molecular weight is 657 g/mol. The predicted octanol–water partition coefficient (Wildman–Crippen LogP) is 9.21. The second-order valence-electron chi connectivity index (χ2n) is 10.4. The minimum atomic E-state index is -0.677. The summed E-state index contributed by atoms with van der Waals surface area (Å²) in [5.41, 5.74) is 0. The van der Waals surface area contributed by atoms with E-state index >= 15 is 0 Å². The Labute approximate surface area is 260 Å². The molecule has 2 aliphatic heterocycles. The van der Waals surface area contributed by atoms with Crippen molar-refractivity contribution in [3.05, 3.63) is 0 Å². The Kier molecular flexibility index (Phi) is 20.5. The van der Waals surface area contributed by atoms with Crippen molar-refractivity contribution >= 4 is 82.4 Å². The number of nitrogens with one attached hydrogen (secondary N) is 2. The summed E-state index contributed by atoms with van der Waals surface area (Å²) < 4.78 is 0.526. The van der Waals surface area contributed by atoms with Crippen LogP contribution in [0.1, 0.15) is 129 Å². The topological polar surface area (TPSA) is 95.5 Å². The second kappa shape index (κ2) is 22.2. The fraction of sp³-hybridized carbons (Fsp3) is 0.889. The van der Waals surface area contributed by atoms with Crippen molar-refractivity contribution in [3.8, 4) is 0 Å². The molecule has 0 aliphatic carbocycles. The summed E-state index contributed by atoms with van der Waals surface area (Å²) in [5.74, 6) is -0.320. The number of hydrogen-bond donors (Lipinski definition) is 3. The fourth-order valence-electron chi connectivity index (χ4n) is 4.42. The van der Waals surface area contributed by atoms with Crippen molar-refractivity contribution in [2.75, 3.05) is 6.54 Å². The lowest BCUT2D eigenvalue weighted by atomic mass is 10.0. The molecule has 1 amide bonds. The van der Waals surface area contributed by atoms with Crippen LogP contribution in [0.4, 0.5) is 0 Å². The number of amides is 1. The van der Waals surface area contributed by atoms with Crippen LogP contribution in [0.25, 0.3) is 0 Å². The number of hydrogen-bond acceptors (Lipinski definition) is 10. The highest BCUT2D eigenvalue weighted by Crippen LogP contribution is 2.83. The van der Waals surface area contributed by atoms with E-state index < -0.39 is 5.97 Å². The lowest BCUT2D eigenvalue weighted by molar-refractivity contribution is -0.137. The smallest absolute Gasteiger partial charge is 0.303 e. The maximum Gasteiger partial charge on any atom is 0.303 e. The number of carbonyl (C=O) groups excluding carboxylic acids is 2. The van der Waals surface area contributed by atoms with Crippen LogP contribution < -0.4 is 10.6 Å².